The Morgan fingerprint density at radius 2 is 1.78 bits per heavy atom. The molecule has 1 aromatic heterocycles. The van der Waals surface area contributed by atoms with Crippen molar-refractivity contribution >= 4 is 5.91 Å². The van der Waals surface area contributed by atoms with Crippen LogP contribution in [-0.2, 0) is 6.42 Å². The Balaban J connectivity index is 1.63. The van der Waals surface area contributed by atoms with Crippen molar-refractivity contribution in [1.82, 2.24) is 9.88 Å². The number of amides is 1. The van der Waals surface area contributed by atoms with Gasteiger partial charge in [0.15, 0.2) is 0 Å². The summed E-state index contributed by atoms with van der Waals surface area (Å²) in [5.74, 6) is -0.397. The lowest BCUT2D eigenvalue weighted by Gasteiger charge is -2.08. The van der Waals surface area contributed by atoms with Gasteiger partial charge in [-0.3, -0.25) is 4.79 Å². The fourth-order valence-electron chi connectivity index (χ4n) is 2.43. The first-order valence-electron chi connectivity index (χ1n) is 7.49. The number of rotatable bonds is 5. The van der Waals surface area contributed by atoms with Crippen LogP contribution in [-0.4, -0.2) is 17.0 Å². The maximum atomic E-state index is 13.5. The third-order valence-corrected chi connectivity index (χ3v) is 3.65. The van der Waals surface area contributed by atoms with Gasteiger partial charge in [0.2, 0.25) is 0 Å². The smallest absolute Gasteiger partial charge is 0.251 e. The van der Waals surface area contributed by atoms with Crippen LogP contribution in [0, 0.1) is 5.82 Å². The minimum absolute atomic E-state index is 0.157. The molecule has 0 aliphatic rings. The van der Waals surface area contributed by atoms with E-state index in [0.717, 1.165) is 5.69 Å². The fraction of sp³-hybridized carbons (Fsp3) is 0.105. The minimum Gasteiger partial charge on any atom is -0.352 e. The summed E-state index contributed by atoms with van der Waals surface area (Å²) in [6, 6.07) is 17.9. The number of nitrogens with zero attached hydrogens (tertiary/aromatic N) is 1. The van der Waals surface area contributed by atoms with E-state index in [4.69, 9.17) is 0 Å². The number of benzene rings is 2. The molecule has 4 heteroatoms. The van der Waals surface area contributed by atoms with Crippen molar-refractivity contribution in [3.8, 4) is 5.69 Å². The fourth-order valence-corrected chi connectivity index (χ4v) is 2.43. The van der Waals surface area contributed by atoms with Gasteiger partial charge in [0.05, 0.1) is 0 Å². The normalized spacial score (nSPS) is 10.5. The molecule has 1 amide bonds. The summed E-state index contributed by atoms with van der Waals surface area (Å²) in [7, 11) is 0. The minimum atomic E-state index is -0.239. The van der Waals surface area contributed by atoms with Crippen molar-refractivity contribution in [3.05, 3.63) is 90.0 Å². The molecule has 0 radical (unpaired) electrons. The van der Waals surface area contributed by atoms with Crippen LogP contribution in [0.5, 0.6) is 0 Å². The number of halogens is 1. The molecule has 0 atom stereocenters. The molecule has 3 aromatic rings. The molecule has 116 valence electrons. The number of aromatic nitrogens is 1. The van der Waals surface area contributed by atoms with Crippen LogP contribution in [0.25, 0.3) is 5.69 Å². The topological polar surface area (TPSA) is 34.0 Å². The average Bonchev–Trinajstić information content (AvgIpc) is 3.11. The summed E-state index contributed by atoms with van der Waals surface area (Å²) < 4.78 is 15.5. The highest BCUT2D eigenvalue weighted by Gasteiger charge is 2.07. The van der Waals surface area contributed by atoms with Gasteiger partial charge in [-0.1, -0.05) is 24.3 Å². The SMILES string of the molecule is O=C(NCCc1ccccc1F)c1cccc(-n2cccc2)c1. The zero-order valence-corrected chi connectivity index (χ0v) is 12.6. The predicted octanol–water partition coefficient (Wildman–Crippen LogP) is 3.59. The molecule has 0 aliphatic heterocycles. The molecule has 0 bridgehead atoms. The largest absolute Gasteiger partial charge is 0.352 e. The van der Waals surface area contributed by atoms with E-state index in [1.807, 2.05) is 47.3 Å². The lowest BCUT2D eigenvalue weighted by molar-refractivity contribution is 0.0954. The van der Waals surface area contributed by atoms with Crippen molar-refractivity contribution in [2.24, 2.45) is 0 Å². The molecule has 3 rings (SSSR count). The van der Waals surface area contributed by atoms with E-state index < -0.39 is 0 Å². The first kappa shape index (κ1) is 15.0. The van der Waals surface area contributed by atoms with Gasteiger partial charge in [0.1, 0.15) is 5.82 Å². The van der Waals surface area contributed by atoms with Gasteiger partial charge in [-0.15, -0.1) is 0 Å². The Hall–Kier alpha value is -2.88. The Morgan fingerprint density at radius 3 is 2.57 bits per heavy atom. The molecule has 2 aromatic carbocycles. The highest BCUT2D eigenvalue weighted by molar-refractivity contribution is 5.94. The second kappa shape index (κ2) is 6.92. The maximum Gasteiger partial charge on any atom is 0.251 e. The van der Waals surface area contributed by atoms with Crippen LogP contribution in [0.15, 0.2) is 73.1 Å². The third-order valence-electron chi connectivity index (χ3n) is 3.65. The molecular formula is C19H17FN2O. The van der Waals surface area contributed by atoms with Crippen molar-refractivity contribution in [2.75, 3.05) is 6.54 Å². The quantitative estimate of drug-likeness (QED) is 0.768. The molecule has 0 fully saturated rings. The summed E-state index contributed by atoms with van der Waals surface area (Å²) in [5, 5.41) is 2.83. The lowest BCUT2D eigenvalue weighted by Crippen LogP contribution is -2.26. The van der Waals surface area contributed by atoms with E-state index in [1.165, 1.54) is 6.07 Å². The van der Waals surface area contributed by atoms with Crippen LogP contribution in [0.1, 0.15) is 15.9 Å². The second-order valence-corrected chi connectivity index (χ2v) is 5.24. The van der Waals surface area contributed by atoms with E-state index in [2.05, 4.69) is 5.32 Å². The molecule has 0 saturated heterocycles. The highest BCUT2D eigenvalue weighted by atomic mass is 19.1. The van der Waals surface area contributed by atoms with Crippen LogP contribution < -0.4 is 5.32 Å². The van der Waals surface area contributed by atoms with E-state index in [0.29, 0.717) is 24.1 Å². The molecular weight excluding hydrogens is 291 g/mol. The number of hydrogen-bond donors (Lipinski definition) is 1. The van der Waals surface area contributed by atoms with Crippen LogP contribution >= 0.6 is 0 Å². The molecule has 1 N–H and O–H groups in total. The zero-order chi connectivity index (χ0) is 16.1. The third kappa shape index (κ3) is 3.66. The average molecular weight is 308 g/mol. The maximum absolute atomic E-state index is 13.5. The summed E-state index contributed by atoms with van der Waals surface area (Å²) in [6.45, 7) is 0.396. The lowest BCUT2D eigenvalue weighted by atomic mass is 10.1. The van der Waals surface area contributed by atoms with E-state index in [9.17, 15) is 9.18 Å². The van der Waals surface area contributed by atoms with Gasteiger partial charge < -0.3 is 9.88 Å². The summed E-state index contributed by atoms with van der Waals surface area (Å²) >= 11 is 0. The van der Waals surface area contributed by atoms with Crippen LogP contribution in [0.2, 0.25) is 0 Å². The molecule has 0 saturated carbocycles. The number of carbonyl (C=O) groups is 1. The molecule has 0 spiro atoms. The first-order chi connectivity index (χ1) is 11.2. The van der Waals surface area contributed by atoms with Gasteiger partial charge in [-0.05, 0) is 48.4 Å². The second-order valence-electron chi connectivity index (χ2n) is 5.24. The Labute approximate surface area is 134 Å². The summed E-state index contributed by atoms with van der Waals surface area (Å²) in [5.41, 5.74) is 2.12. The van der Waals surface area contributed by atoms with E-state index >= 15 is 0 Å². The number of nitrogens with one attached hydrogen (secondary N) is 1. The van der Waals surface area contributed by atoms with Crippen molar-refractivity contribution < 1.29 is 9.18 Å². The highest BCUT2D eigenvalue weighted by Crippen LogP contribution is 2.11. The van der Waals surface area contributed by atoms with E-state index in [-0.39, 0.29) is 11.7 Å². The van der Waals surface area contributed by atoms with Crippen LogP contribution in [0.3, 0.4) is 0 Å². The van der Waals surface area contributed by atoms with Crippen molar-refractivity contribution in [3.63, 3.8) is 0 Å². The molecule has 0 aliphatic carbocycles. The van der Waals surface area contributed by atoms with E-state index in [1.54, 1.807) is 24.3 Å². The van der Waals surface area contributed by atoms with Gasteiger partial charge in [0, 0.05) is 30.2 Å². The molecule has 0 unspecified atom stereocenters. The molecule has 23 heavy (non-hydrogen) atoms. The standard InChI is InChI=1S/C19H17FN2O/c20-18-9-2-1-6-15(18)10-11-21-19(23)16-7-5-8-17(14-16)22-12-3-4-13-22/h1-9,12-14H,10-11H2,(H,21,23). The Bertz CT molecular complexity index is 797. The summed E-state index contributed by atoms with van der Waals surface area (Å²) in [4.78, 5) is 12.2. The van der Waals surface area contributed by atoms with Gasteiger partial charge in [-0.25, -0.2) is 4.39 Å². The molecule has 1 heterocycles. The Kier molecular flexibility index (Phi) is 4.52. The monoisotopic (exact) mass is 308 g/mol. The summed E-state index contributed by atoms with van der Waals surface area (Å²) in [6.07, 6.45) is 4.32. The number of hydrogen-bond acceptors (Lipinski definition) is 1. The molecule has 3 nitrogen and oxygen atoms in total. The first-order valence-corrected chi connectivity index (χ1v) is 7.49. The predicted molar refractivity (Wildman–Crippen MR) is 88.2 cm³/mol. The van der Waals surface area contributed by atoms with Gasteiger partial charge >= 0.3 is 0 Å². The Morgan fingerprint density at radius 1 is 1.00 bits per heavy atom. The van der Waals surface area contributed by atoms with Crippen LogP contribution in [0.4, 0.5) is 4.39 Å². The van der Waals surface area contributed by atoms with Gasteiger partial charge in [0.25, 0.3) is 5.91 Å². The zero-order valence-electron chi connectivity index (χ0n) is 12.6. The van der Waals surface area contributed by atoms with Gasteiger partial charge in [-0.2, -0.15) is 0 Å². The van der Waals surface area contributed by atoms with Crippen molar-refractivity contribution in [2.45, 2.75) is 6.42 Å². The number of carbonyl (C=O) groups excluding carboxylic acids is 1. The van der Waals surface area contributed by atoms with Crippen molar-refractivity contribution in [1.29, 1.82) is 0 Å².